The Bertz CT molecular complexity index is 253. The van der Waals surface area contributed by atoms with Crippen molar-refractivity contribution in [3.63, 3.8) is 0 Å². The highest BCUT2D eigenvalue weighted by atomic mass is 16.2. The smallest absolute Gasteiger partial charge is 0.233 e. The first-order chi connectivity index (χ1) is 10.4. The van der Waals surface area contributed by atoms with Gasteiger partial charge in [-0.3, -0.25) is 9.59 Å². The van der Waals surface area contributed by atoms with Crippen molar-refractivity contribution in [1.29, 1.82) is 0 Å². The van der Waals surface area contributed by atoms with Gasteiger partial charge in [0.1, 0.15) is 0 Å². The van der Waals surface area contributed by atoms with Crippen LogP contribution in [0.2, 0.25) is 0 Å². The molecule has 0 aliphatic rings. The first-order valence-electron chi connectivity index (χ1n) is 8.42. The second-order valence-corrected chi connectivity index (χ2v) is 5.48. The third-order valence-electron chi connectivity index (χ3n) is 2.59. The summed E-state index contributed by atoms with van der Waals surface area (Å²) in [5.74, 6) is 0.0349. The van der Waals surface area contributed by atoms with Crippen LogP contribution in [0.25, 0.3) is 0 Å². The molecule has 0 aromatic rings. The van der Waals surface area contributed by atoms with Crippen LogP contribution in [-0.4, -0.2) is 50.1 Å². The number of nitrogens with one attached hydrogen (secondary N) is 4. The highest BCUT2D eigenvalue weighted by molar-refractivity contribution is 5.78. The van der Waals surface area contributed by atoms with Gasteiger partial charge >= 0.3 is 0 Å². The van der Waals surface area contributed by atoms with Gasteiger partial charge in [-0.1, -0.05) is 41.5 Å². The Balaban J connectivity index is 0. The first-order valence-corrected chi connectivity index (χ1v) is 8.42. The van der Waals surface area contributed by atoms with Gasteiger partial charge in [0.2, 0.25) is 11.8 Å². The molecule has 0 bridgehead atoms. The molecular weight excluding hydrogens is 280 g/mol. The molecule has 0 atom stereocenters. The minimum Gasteiger partial charge on any atom is -0.355 e. The van der Waals surface area contributed by atoms with Crippen molar-refractivity contribution >= 4 is 11.8 Å². The molecule has 132 valence electrons. The van der Waals surface area contributed by atoms with Crippen LogP contribution in [0, 0.1) is 0 Å². The van der Waals surface area contributed by atoms with Crippen molar-refractivity contribution in [2.45, 2.75) is 66.5 Å². The van der Waals surface area contributed by atoms with E-state index >= 15 is 0 Å². The zero-order chi connectivity index (χ0) is 17.4. The van der Waals surface area contributed by atoms with Gasteiger partial charge in [0.05, 0.1) is 13.1 Å². The molecule has 0 rings (SSSR count). The van der Waals surface area contributed by atoms with Crippen LogP contribution in [0.15, 0.2) is 0 Å². The van der Waals surface area contributed by atoms with Crippen LogP contribution in [0.4, 0.5) is 0 Å². The summed E-state index contributed by atoms with van der Waals surface area (Å²) < 4.78 is 0. The molecule has 6 nitrogen and oxygen atoms in total. The predicted octanol–water partition coefficient (Wildman–Crippen LogP) is 1.02. The number of hydrogen-bond acceptors (Lipinski definition) is 4. The fraction of sp³-hybridized carbons (Fsp3) is 0.875. The Morgan fingerprint density at radius 3 is 1.32 bits per heavy atom. The van der Waals surface area contributed by atoms with E-state index in [1.54, 1.807) is 0 Å². The quantitative estimate of drug-likeness (QED) is 0.429. The second kappa shape index (κ2) is 16.2. The maximum atomic E-state index is 11.4. The molecular formula is C16H36N4O2. The van der Waals surface area contributed by atoms with Gasteiger partial charge in [-0.15, -0.1) is 0 Å². The summed E-state index contributed by atoms with van der Waals surface area (Å²) in [6, 6.07) is 0.630. The molecule has 0 unspecified atom stereocenters. The third kappa shape index (κ3) is 18.9. The lowest BCUT2D eigenvalue weighted by Crippen LogP contribution is -2.38. The normalized spacial score (nSPS) is 10.2. The van der Waals surface area contributed by atoms with E-state index in [-0.39, 0.29) is 11.8 Å². The lowest BCUT2D eigenvalue weighted by atomic mass is 10.3. The van der Waals surface area contributed by atoms with Crippen LogP contribution in [0.3, 0.4) is 0 Å². The summed E-state index contributed by atoms with van der Waals surface area (Å²) in [5.41, 5.74) is 0. The maximum Gasteiger partial charge on any atom is 0.233 e. The molecule has 0 aliphatic heterocycles. The highest BCUT2D eigenvalue weighted by Gasteiger charge is 2.02. The average molecular weight is 316 g/mol. The standard InChI is InChI=1S/C14H30N4O2.C2H6/c1-11(2)17-9-13(19)15-7-5-6-8-16-14(20)10-18-12(3)4;1-2/h11-12,17-18H,5-10H2,1-4H3,(H,15,19)(H,16,20);1-2H3. The fourth-order valence-corrected chi connectivity index (χ4v) is 1.42. The fourth-order valence-electron chi connectivity index (χ4n) is 1.42. The minimum atomic E-state index is 0.0175. The summed E-state index contributed by atoms with van der Waals surface area (Å²) in [6.45, 7) is 14.0. The number of hydrogen-bond donors (Lipinski definition) is 4. The van der Waals surface area contributed by atoms with Crippen molar-refractivity contribution in [3.05, 3.63) is 0 Å². The molecule has 4 N–H and O–H groups in total. The zero-order valence-electron chi connectivity index (χ0n) is 15.2. The van der Waals surface area contributed by atoms with Gasteiger partial charge < -0.3 is 21.3 Å². The van der Waals surface area contributed by atoms with Crippen molar-refractivity contribution in [1.82, 2.24) is 21.3 Å². The van der Waals surface area contributed by atoms with Crippen LogP contribution >= 0.6 is 0 Å². The van der Waals surface area contributed by atoms with Crippen LogP contribution in [0.1, 0.15) is 54.4 Å². The number of amides is 2. The Morgan fingerprint density at radius 1 is 0.727 bits per heavy atom. The van der Waals surface area contributed by atoms with E-state index in [4.69, 9.17) is 0 Å². The van der Waals surface area contributed by atoms with Gasteiger partial charge in [-0.2, -0.15) is 0 Å². The van der Waals surface area contributed by atoms with Crippen molar-refractivity contribution in [2.24, 2.45) is 0 Å². The molecule has 0 fully saturated rings. The maximum absolute atomic E-state index is 11.4. The SMILES string of the molecule is CC.CC(C)NCC(=O)NCCCCNC(=O)CNC(C)C. The van der Waals surface area contributed by atoms with Gasteiger partial charge in [0, 0.05) is 25.2 Å². The van der Waals surface area contributed by atoms with Crippen molar-refractivity contribution in [2.75, 3.05) is 26.2 Å². The predicted molar refractivity (Wildman–Crippen MR) is 92.9 cm³/mol. The van der Waals surface area contributed by atoms with Gasteiger partial charge in [-0.05, 0) is 12.8 Å². The molecule has 22 heavy (non-hydrogen) atoms. The van der Waals surface area contributed by atoms with Crippen LogP contribution in [-0.2, 0) is 9.59 Å². The largest absolute Gasteiger partial charge is 0.355 e. The molecule has 2 amide bonds. The van der Waals surface area contributed by atoms with E-state index in [9.17, 15) is 9.59 Å². The summed E-state index contributed by atoms with van der Waals surface area (Å²) in [5, 5.41) is 11.8. The molecule has 0 saturated heterocycles. The Kier molecular flexibility index (Phi) is 17.1. The number of rotatable bonds is 11. The van der Waals surface area contributed by atoms with Crippen LogP contribution in [0.5, 0.6) is 0 Å². The van der Waals surface area contributed by atoms with E-state index in [1.165, 1.54) is 0 Å². The lowest BCUT2D eigenvalue weighted by molar-refractivity contribution is -0.121. The first kappa shape index (κ1) is 23.1. The molecule has 0 aliphatic carbocycles. The lowest BCUT2D eigenvalue weighted by Gasteiger charge is -2.10. The Morgan fingerprint density at radius 2 is 1.05 bits per heavy atom. The van der Waals surface area contributed by atoms with Gasteiger partial charge in [0.15, 0.2) is 0 Å². The summed E-state index contributed by atoms with van der Waals surface area (Å²) >= 11 is 0. The van der Waals surface area contributed by atoms with E-state index in [1.807, 2.05) is 41.5 Å². The molecule has 0 heterocycles. The molecule has 0 radical (unpaired) electrons. The Labute approximate surface area is 136 Å². The van der Waals surface area contributed by atoms with Crippen LogP contribution < -0.4 is 21.3 Å². The topological polar surface area (TPSA) is 82.3 Å². The number of carbonyl (C=O) groups excluding carboxylic acids is 2. The molecule has 0 aromatic heterocycles. The van der Waals surface area contributed by atoms with Crippen molar-refractivity contribution in [3.8, 4) is 0 Å². The summed E-state index contributed by atoms with van der Waals surface area (Å²) in [6.07, 6.45) is 1.73. The van der Waals surface area contributed by atoms with Gasteiger partial charge in [-0.25, -0.2) is 0 Å². The third-order valence-corrected chi connectivity index (χ3v) is 2.59. The molecule has 6 heteroatoms. The van der Waals surface area contributed by atoms with E-state index in [2.05, 4.69) is 21.3 Å². The minimum absolute atomic E-state index is 0.0175. The second-order valence-electron chi connectivity index (χ2n) is 5.48. The van der Waals surface area contributed by atoms with Gasteiger partial charge in [0.25, 0.3) is 0 Å². The molecule has 0 saturated carbocycles. The summed E-state index contributed by atoms with van der Waals surface area (Å²) in [7, 11) is 0. The van der Waals surface area contributed by atoms with E-state index in [0.717, 1.165) is 12.8 Å². The molecule has 0 aromatic carbocycles. The molecule has 0 spiro atoms. The number of carbonyl (C=O) groups is 2. The average Bonchev–Trinajstić information content (AvgIpc) is 2.48. The monoisotopic (exact) mass is 316 g/mol. The number of unbranched alkanes of at least 4 members (excludes halogenated alkanes) is 1. The van der Waals surface area contributed by atoms with E-state index in [0.29, 0.717) is 38.3 Å². The van der Waals surface area contributed by atoms with Crippen molar-refractivity contribution < 1.29 is 9.59 Å². The van der Waals surface area contributed by atoms with E-state index < -0.39 is 0 Å². The zero-order valence-corrected chi connectivity index (χ0v) is 15.2. The Hall–Kier alpha value is -1.14. The summed E-state index contributed by atoms with van der Waals surface area (Å²) in [4.78, 5) is 22.8. The highest BCUT2D eigenvalue weighted by Crippen LogP contribution is 1.85.